The average Bonchev–Trinajstić information content (AvgIpc) is 2.50. The van der Waals surface area contributed by atoms with Gasteiger partial charge in [0.1, 0.15) is 0 Å². The Morgan fingerprint density at radius 1 is 1.04 bits per heavy atom. The number of hydrogen-bond acceptors (Lipinski definition) is 2. The molecule has 0 aliphatic rings. The third-order valence-electron chi connectivity index (χ3n) is 3.38. The second-order valence-electron chi connectivity index (χ2n) is 5.49. The fourth-order valence-corrected chi connectivity index (χ4v) is 4.13. The molecule has 0 bridgehead atoms. The van der Waals surface area contributed by atoms with Crippen molar-refractivity contribution in [1.29, 1.82) is 0 Å². The number of hydrogen-bond donors (Lipinski definition) is 1. The number of aliphatic hydroxyl groups excluding tert-OH is 1. The molecule has 0 radical (unpaired) electrons. The zero-order valence-electron chi connectivity index (χ0n) is 13.2. The Hall–Kier alpha value is -1.07. The number of rotatable bonds is 5. The van der Waals surface area contributed by atoms with Gasteiger partial charge in [-0.05, 0) is 50.6 Å². The topological polar surface area (TPSA) is 40.5 Å². The van der Waals surface area contributed by atoms with E-state index in [4.69, 9.17) is 23.2 Å². The molecule has 2 atom stereocenters. The molecular weight excluding hydrogens is 353 g/mol. The van der Waals surface area contributed by atoms with Crippen LogP contribution < -0.4 is 4.31 Å². The van der Waals surface area contributed by atoms with Crippen molar-refractivity contribution in [1.82, 2.24) is 0 Å². The van der Waals surface area contributed by atoms with Crippen molar-refractivity contribution < 1.29 is 9.32 Å². The fourth-order valence-electron chi connectivity index (χ4n) is 2.21. The Balaban J connectivity index is 2.42. The molecule has 2 aromatic carbocycles. The highest BCUT2D eigenvalue weighted by molar-refractivity contribution is 7.86. The largest absolute Gasteiger partial charge is 0.389 e. The molecule has 0 fully saturated rings. The van der Waals surface area contributed by atoms with Crippen LogP contribution in [0.2, 0.25) is 10.0 Å². The standard InChI is InChI=1S/C17H19Cl2NO2S/c1-11(2)20(14-9-7-13(8-10-14)12(3)21)23(22)16-6-4-5-15(18)17(16)19/h4-12,21H,1-3H3/t12-,23?/m1/s1. The molecule has 0 saturated heterocycles. The quantitative estimate of drug-likeness (QED) is 0.804. The van der Waals surface area contributed by atoms with E-state index >= 15 is 0 Å². The maximum Gasteiger partial charge on any atom is 0.154 e. The lowest BCUT2D eigenvalue weighted by Crippen LogP contribution is -2.32. The van der Waals surface area contributed by atoms with E-state index in [1.54, 1.807) is 29.4 Å². The van der Waals surface area contributed by atoms with Gasteiger partial charge in [0, 0.05) is 11.7 Å². The predicted molar refractivity (Wildman–Crippen MR) is 97.6 cm³/mol. The molecule has 0 aliphatic heterocycles. The van der Waals surface area contributed by atoms with E-state index in [2.05, 4.69) is 0 Å². The van der Waals surface area contributed by atoms with Crippen LogP contribution in [0.15, 0.2) is 47.4 Å². The van der Waals surface area contributed by atoms with Crippen LogP contribution in [0.1, 0.15) is 32.4 Å². The lowest BCUT2D eigenvalue weighted by molar-refractivity contribution is 0.199. The van der Waals surface area contributed by atoms with Gasteiger partial charge in [0.2, 0.25) is 0 Å². The molecular formula is C17H19Cl2NO2S. The van der Waals surface area contributed by atoms with Crippen molar-refractivity contribution in [3.63, 3.8) is 0 Å². The Kier molecular flexibility index (Phi) is 6.09. The van der Waals surface area contributed by atoms with Crippen LogP contribution in [0, 0.1) is 0 Å². The minimum absolute atomic E-state index is 0.0109. The maximum atomic E-state index is 13.0. The minimum Gasteiger partial charge on any atom is -0.389 e. The van der Waals surface area contributed by atoms with Crippen LogP contribution in [0.25, 0.3) is 0 Å². The zero-order chi connectivity index (χ0) is 17.1. The van der Waals surface area contributed by atoms with Crippen molar-refractivity contribution in [2.75, 3.05) is 4.31 Å². The summed E-state index contributed by atoms with van der Waals surface area (Å²) >= 11 is 12.2. The summed E-state index contributed by atoms with van der Waals surface area (Å²) in [4.78, 5) is 0.479. The molecule has 2 rings (SSSR count). The molecule has 1 N–H and O–H groups in total. The van der Waals surface area contributed by atoms with Gasteiger partial charge < -0.3 is 5.11 Å². The molecule has 0 amide bonds. The summed E-state index contributed by atoms with van der Waals surface area (Å²) in [6.45, 7) is 5.62. The van der Waals surface area contributed by atoms with Crippen molar-refractivity contribution in [2.45, 2.75) is 37.8 Å². The number of nitrogens with zero attached hydrogens (tertiary/aromatic N) is 1. The zero-order valence-corrected chi connectivity index (χ0v) is 15.5. The van der Waals surface area contributed by atoms with Gasteiger partial charge in [-0.3, -0.25) is 4.31 Å². The molecule has 2 aromatic rings. The average molecular weight is 372 g/mol. The molecule has 124 valence electrons. The minimum atomic E-state index is -1.49. The van der Waals surface area contributed by atoms with E-state index < -0.39 is 17.1 Å². The van der Waals surface area contributed by atoms with Gasteiger partial charge in [0.15, 0.2) is 11.0 Å². The molecule has 0 heterocycles. The van der Waals surface area contributed by atoms with E-state index in [1.807, 2.05) is 38.1 Å². The van der Waals surface area contributed by atoms with Crippen molar-refractivity contribution in [3.8, 4) is 0 Å². The van der Waals surface area contributed by atoms with Gasteiger partial charge in [-0.25, -0.2) is 4.21 Å². The van der Waals surface area contributed by atoms with E-state index in [9.17, 15) is 9.32 Å². The van der Waals surface area contributed by atoms with Crippen LogP contribution in [-0.2, 0) is 11.0 Å². The highest BCUT2D eigenvalue weighted by atomic mass is 35.5. The second-order valence-corrected chi connectivity index (χ2v) is 7.60. The van der Waals surface area contributed by atoms with Gasteiger partial charge in [-0.15, -0.1) is 0 Å². The molecule has 23 heavy (non-hydrogen) atoms. The molecule has 0 saturated carbocycles. The van der Waals surface area contributed by atoms with E-state index in [1.165, 1.54) is 0 Å². The molecule has 3 nitrogen and oxygen atoms in total. The first-order chi connectivity index (χ1) is 10.8. The first kappa shape index (κ1) is 18.3. The molecule has 6 heteroatoms. The van der Waals surface area contributed by atoms with Crippen LogP contribution in [0.4, 0.5) is 5.69 Å². The smallest absolute Gasteiger partial charge is 0.154 e. The summed E-state index contributed by atoms with van der Waals surface area (Å²) in [5.41, 5.74) is 1.60. The summed E-state index contributed by atoms with van der Waals surface area (Å²) in [7, 11) is -1.49. The molecule has 1 unspecified atom stereocenters. The maximum absolute atomic E-state index is 13.0. The predicted octanol–water partition coefficient (Wildman–Crippen LogP) is 4.98. The van der Waals surface area contributed by atoms with Crippen molar-refractivity contribution >= 4 is 39.9 Å². The lowest BCUT2D eigenvalue weighted by atomic mass is 10.1. The van der Waals surface area contributed by atoms with Gasteiger partial charge in [0.05, 0.1) is 21.0 Å². The van der Waals surface area contributed by atoms with Crippen LogP contribution in [0.5, 0.6) is 0 Å². The van der Waals surface area contributed by atoms with Gasteiger partial charge in [-0.2, -0.15) is 0 Å². The summed E-state index contributed by atoms with van der Waals surface area (Å²) in [6, 6.07) is 12.4. The number of benzene rings is 2. The molecule has 0 spiro atoms. The number of anilines is 1. The monoisotopic (exact) mass is 371 g/mol. The Labute approximate surface area is 149 Å². The van der Waals surface area contributed by atoms with E-state index in [-0.39, 0.29) is 6.04 Å². The summed E-state index contributed by atoms with van der Waals surface area (Å²) in [5.74, 6) is 0. The van der Waals surface area contributed by atoms with Crippen LogP contribution >= 0.6 is 23.2 Å². The van der Waals surface area contributed by atoms with Crippen molar-refractivity contribution in [3.05, 3.63) is 58.1 Å². The number of halogens is 2. The molecule has 0 aromatic heterocycles. The Morgan fingerprint density at radius 3 is 2.17 bits per heavy atom. The first-order valence-electron chi connectivity index (χ1n) is 7.26. The summed E-state index contributed by atoms with van der Waals surface area (Å²) < 4.78 is 14.8. The summed E-state index contributed by atoms with van der Waals surface area (Å²) in [6.07, 6.45) is -0.538. The van der Waals surface area contributed by atoms with E-state index in [0.29, 0.717) is 14.9 Å². The highest BCUT2D eigenvalue weighted by Gasteiger charge is 2.22. The highest BCUT2D eigenvalue weighted by Crippen LogP contribution is 2.32. The lowest BCUT2D eigenvalue weighted by Gasteiger charge is -2.28. The molecule has 0 aliphatic carbocycles. The third kappa shape index (κ3) is 4.07. The third-order valence-corrected chi connectivity index (χ3v) is 6.02. The van der Waals surface area contributed by atoms with Gasteiger partial charge in [0.25, 0.3) is 0 Å². The SMILES string of the molecule is CC(C)N(c1ccc([C@@H](C)O)cc1)S(=O)c1cccc(Cl)c1Cl. The summed E-state index contributed by atoms with van der Waals surface area (Å²) in [5, 5.41) is 10.3. The van der Waals surface area contributed by atoms with E-state index in [0.717, 1.165) is 11.3 Å². The fraction of sp³-hybridized carbons (Fsp3) is 0.294. The Morgan fingerprint density at radius 2 is 1.65 bits per heavy atom. The van der Waals surface area contributed by atoms with Crippen LogP contribution in [0.3, 0.4) is 0 Å². The number of aliphatic hydroxyl groups is 1. The van der Waals surface area contributed by atoms with Crippen LogP contribution in [-0.4, -0.2) is 15.4 Å². The Bertz CT molecular complexity index is 702. The first-order valence-corrected chi connectivity index (χ1v) is 9.12. The van der Waals surface area contributed by atoms with Crippen molar-refractivity contribution in [2.24, 2.45) is 0 Å². The second kappa shape index (κ2) is 7.67. The van der Waals surface area contributed by atoms with Gasteiger partial charge in [-0.1, -0.05) is 41.4 Å². The van der Waals surface area contributed by atoms with Gasteiger partial charge >= 0.3 is 0 Å². The normalized spacial score (nSPS) is 13.9.